The number of aromatic nitrogens is 1. The third-order valence-electron chi connectivity index (χ3n) is 0.996. The first-order valence-corrected chi connectivity index (χ1v) is 3.75. The normalized spacial score (nSPS) is 10.3. The molecule has 0 amide bonds. The molecule has 0 radical (unpaired) electrons. The van der Waals surface area contributed by atoms with Gasteiger partial charge < -0.3 is 10.5 Å². The van der Waals surface area contributed by atoms with Gasteiger partial charge >= 0.3 is 6.61 Å². The summed E-state index contributed by atoms with van der Waals surface area (Å²) in [5.74, 6) is -0.0723. The molecule has 0 aliphatic heterocycles. The Kier molecular flexibility index (Phi) is 2.80. The smallest absolute Gasteiger partial charge is 0.388 e. The number of anilines is 1. The largest absolute Gasteiger partial charge is 0.417 e. The molecule has 1 heterocycles. The molecule has 3 nitrogen and oxygen atoms in total. The molecule has 1 aromatic heterocycles. The minimum atomic E-state index is -2.88. The predicted molar refractivity (Wildman–Crippen MR) is 43.0 cm³/mol. The Morgan fingerprint density at radius 1 is 1.50 bits per heavy atom. The maximum absolute atomic E-state index is 11.7. The first-order chi connectivity index (χ1) is 5.58. The number of pyridine rings is 1. The molecular formula is C6H5BrF2N2O. The van der Waals surface area contributed by atoms with Crippen molar-refractivity contribution in [2.45, 2.75) is 6.61 Å². The third-order valence-corrected chi connectivity index (χ3v) is 1.45. The van der Waals surface area contributed by atoms with Crippen LogP contribution >= 0.6 is 15.9 Å². The summed E-state index contributed by atoms with van der Waals surface area (Å²) in [4.78, 5) is 3.52. The molecule has 0 fully saturated rings. The summed E-state index contributed by atoms with van der Waals surface area (Å²) >= 11 is 3.06. The first-order valence-electron chi connectivity index (χ1n) is 2.96. The van der Waals surface area contributed by atoms with Crippen molar-refractivity contribution in [2.75, 3.05) is 5.73 Å². The molecule has 12 heavy (non-hydrogen) atoms. The number of rotatable bonds is 2. The van der Waals surface area contributed by atoms with Crippen molar-refractivity contribution >= 4 is 21.7 Å². The van der Waals surface area contributed by atoms with Crippen LogP contribution in [0.5, 0.6) is 5.88 Å². The lowest BCUT2D eigenvalue weighted by atomic mass is 10.4. The van der Waals surface area contributed by atoms with E-state index in [1.807, 2.05) is 0 Å². The van der Waals surface area contributed by atoms with Gasteiger partial charge in [0.15, 0.2) is 0 Å². The van der Waals surface area contributed by atoms with E-state index in [4.69, 9.17) is 5.73 Å². The van der Waals surface area contributed by atoms with Crippen LogP contribution in [0.2, 0.25) is 0 Å². The summed E-state index contributed by atoms with van der Waals surface area (Å²) in [5, 5.41) is 0. The molecule has 0 saturated heterocycles. The van der Waals surface area contributed by atoms with Crippen LogP contribution < -0.4 is 10.5 Å². The number of nitrogens with zero attached hydrogens (tertiary/aromatic N) is 1. The Hall–Kier alpha value is -0.910. The molecule has 1 rings (SSSR count). The minimum Gasteiger partial charge on any atom is -0.417 e. The van der Waals surface area contributed by atoms with Crippen LogP contribution in [0.4, 0.5) is 14.6 Å². The van der Waals surface area contributed by atoms with Gasteiger partial charge in [-0.3, -0.25) is 0 Å². The van der Waals surface area contributed by atoms with Gasteiger partial charge in [-0.1, -0.05) is 15.9 Å². The summed E-state index contributed by atoms with van der Waals surface area (Å²) in [7, 11) is 0. The quantitative estimate of drug-likeness (QED) is 0.858. The second-order valence-corrected chi connectivity index (χ2v) is 2.84. The highest BCUT2D eigenvalue weighted by molar-refractivity contribution is 9.10. The first kappa shape index (κ1) is 9.18. The summed E-state index contributed by atoms with van der Waals surface area (Å²) < 4.78 is 27.9. The maximum Gasteiger partial charge on any atom is 0.388 e. The number of hydrogen-bond donors (Lipinski definition) is 1. The van der Waals surface area contributed by atoms with Crippen LogP contribution in [0.15, 0.2) is 16.6 Å². The highest BCUT2D eigenvalue weighted by Crippen LogP contribution is 2.19. The fourth-order valence-electron chi connectivity index (χ4n) is 0.644. The second-order valence-electron chi connectivity index (χ2n) is 1.93. The number of alkyl halides is 2. The van der Waals surface area contributed by atoms with Crippen molar-refractivity contribution < 1.29 is 13.5 Å². The Morgan fingerprint density at radius 2 is 2.17 bits per heavy atom. The Bertz CT molecular complexity index is 262. The van der Waals surface area contributed by atoms with Gasteiger partial charge in [-0.05, 0) is 6.07 Å². The fourth-order valence-corrected chi connectivity index (χ4v) is 1.07. The molecule has 1 aromatic rings. The van der Waals surface area contributed by atoms with Crippen LogP contribution in [0.3, 0.4) is 0 Å². The molecule has 0 aliphatic carbocycles. The third kappa shape index (κ3) is 2.61. The maximum atomic E-state index is 11.7. The average Bonchev–Trinajstić information content (AvgIpc) is 1.81. The zero-order valence-corrected chi connectivity index (χ0v) is 7.38. The van der Waals surface area contributed by atoms with E-state index < -0.39 is 6.61 Å². The van der Waals surface area contributed by atoms with Gasteiger partial charge in [-0.2, -0.15) is 13.8 Å². The van der Waals surface area contributed by atoms with Gasteiger partial charge in [-0.25, -0.2) is 0 Å². The molecule has 2 N–H and O–H groups in total. The molecular weight excluding hydrogens is 234 g/mol. The lowest BCUT2D eigenvalue weighted by Crippen LogP contribution is -2.04. The summed E-state index contributed by atoms with van der Waals surface area (Å²) in [6.07, 6.45) is 0. The van der Waals surface area contributed by atoms with Crippen molar-refractivity contribution in [3.05, 3.63) is 16.6 Å². The SMILES string of the molecule is Nc1cc(Br)cc(OC(F)F)n1. The molecule has 0 spiro atoms. The van der Waals surface area contributed by atoms with Crippen LogP contribution in [-0.4, -0.2) is 11.6 Å². The van der Waals surface area contributed by atoms with E-state index in [-0.39, 0.29) is 11.7 Å². The van der Waals surface area contributed by atoms with Crippen molar-refractivity contribution in [1.29, 1.82) is 0 Å². The summed E-state index contributed by atoms with van der Waals surface area (Å²) in [6.45, 7) is -2.88. The standard InChI is InChI=1S/C6H5BrF2N2O/c7-3-1-4(10)11-5(2-3)12-6(8)9/h1-2,6H,(H2,10,11). The molecule has 0 aliphatic rings. The number of halogens is 3. The van der Waals surface area contributed by atoms with Crippen molar-refractivity contribution in [3.8, 4) is 5.88 Å². The Labute approximate surface area is 75.7 Å². The lowest BCUT2D eigenvalue weighted by Gasteiger charge is -2.03. The molecule has 0 saturated carbocycles. The highest BCUT2D eigenvalue weighted by Gasteiger charge is 2.06. The number of ether oxygens (including phenoxy) is 1. The minimum absolute atomic E-state index is 0.125. The molecule has 0 aromatic carbocycles. The van der Waals surface area contributed by atoms with Crippen LogP contribution in [-0.2, 0) is 0 Å². The van der Waals surface area contributed by atoms with Gasteiger partial charge in [0, 0.05) is 10.5 Å². The van der Waals surface area contributed by atoms with Gasteiger partial charge in [0.05, 0.1) is 0 Å². The van der Waals surface area contributed by atoms with E-state index in [9.17, 15) is 8.78 Å². The van der Waals surface area contributed by atoms with Crippen molar-refractivity contribution in [1.82, 2.24) is 4.98 Å². The van der Waals surface area contributed by atoms with Gasteiger partial charge in [0.25, 0.3) is 0 Å². The van der Waals surface area contributed by atoms with E-state index in [1.165, 1.54) is 12.1 Å². The molecule has 66 valence electrons. The van der Waals surface area contributed by atoms with E-state index in [0.717, 1.165) is 0 Å². The molecule has 6 heteroatoms. The summed E-state index contributed by atoms with van der Waals surface area (Å²) in [5.41, 5.74) is 5.27. The van der Waals surface area contributed by atoms with Crippen molar-refractivity contribution in [3.63, 3.8) is 0 Å². The zero-order valence-electron chi connectivity index (χ0n) is 5.80. The fraction of sp³-hybridized carbons (Fsp3) is 0.167. The topological polar surface area (TPSA) is 48.1 Å². The van der Waals surface area contributed by atoms with E-state index >= 15 is 0 Å². The summed E-state index contributed by atoms with van der Waals surface area (Å²) in [6, 6.07) is 2.79. The number of hydrogen-bond acceptors (Lipinski definition) is 3. The molecule has 0 bridgehead atoms. The van der Waals surface area contributed by atoms with Gasteiger partial charge in [-0.15, -0.1) is 0 Å². The van der Waals surface area contributed by atoms with Crippen LogP contribution in [0.1, 0.15) is 0 Å². The van der Waals surface area contributed by atoms with Crippen molar-refractivity contribution in [2.24, 2.45) is 0 Å². The van der Waals surface area contributed by atoms with Crippen LogP contribution in [0, 0.1) is 0 Å². The van der Waals surface area contributed by atoms with Gasteiger partial charge in [0.1, 0.15) is 5.82 Å². The van der Waals surface area contributed by atoms with E-state index in [1.54, 1.807) is 0 Å². The highest BCUT2D eigenvalue weighted by atomic mass is 79.9. The van der Waals surface area contributed by atoms with E-state index in [0.29, 0.717) is 4.47 Å². The number of nitrogen functional groups attached to an aromatic ring is 1. The monoisotopic (exact) mass is 238 g/mol. The Balaban J connectivity index is 2.85. The lowest BCUT2D eigenvalue weighted by molar-refractivity contribution is -0.0527. The molecule has 0 unspecified atom stereocenters. The van der Waals surface area contributed by atoms with Gasteiger partial charge in [0.2, 0.25) is 5.88 Å². The average molecular weight is 239 g/mol. The zero-order chi connectivity index (χ0) is 9.14. The predicted octanol–water partition coefficient (Wildman–Crippen LogP) is 2.03. The molecule has 0 atom stereocenters. The van der Waals surface area contributed by atoms with Crippen LogP contribution in [0.25, 0.3) is 0 Å². The number of nitrogens with two attached hydrogens (primary N) is 1. The van der Waals surface area contributed by atoms with E-state index in [2.05, 4.69) is 25.7 Å². The second kappa shape index (κ2) is 3.66. The Morgan fingerprint density at radius 3 is 2.67 bits per heavy atom.